The summed E-state index contributed by atoms with van der Waals surface area (Å²) >= 11 is 0. The summed E-state index contributed by atoms with van der Waals surface area (Å²) in [4.78, 5) is 43.4. The number of hydrogen-bond acceptors (Lipinski definition) is 5. The van der Waals surface area contributed by atoms with E-state index in [2.05, 4.69) is 20.6 Å². The monoisotopic (exact) mass is 477 g/mol. The fourth-order valence-corrected chi connectivity index (χ4v) is 4.10. The van der Waals surface area contributed by atoms with E-state index in [-0.39, 0.29) is 12.8 Å². The first-order chi connectivity index (χ1) is 16.9. The van der Waals surface area contributed by atoms with Gasteiger partial charge >= 0.3 is 5.97 Å². The van der Waals surface area contributed by atoms with Crippen molar-refractivity contribution in [2.45, 2.75) is 31.0 Å². The minimum atomic E-state index is -1.35. The van der Waals surface area contributed by atoms with Crippen LogP contribution < -0.4 is 16.4 Å². The van der Waals surface area contributed by atoms with Gasteiger partial charge in [-0.3, -0.25) is 9.59 Å². The lowest BCUT2D eigenvalue weighted by atomic mass is 10.0. The molecule has 0 bridgehead atoms. The summed E-state index contributed by atoms with van der Waals surface area (Å²) in [5.41, 5.74) is 9.39. The van der Waals surface area contributed by atoms with Gasteiger partial charge in [0.1, 0.15) is 12.1 Å². The minimum absolute atomic E-state index is 0.0251. The number of aromatic amines is 2. The Morgan fingerprint density at radius 2 is 1.31 bits per heavy atom. The summed E-state index contributed by atoms with van der Waals surface area (Å²) in [6.45, 7) is -0.712. The molecule has 4 rings (SSSR count). The van der Waals surface area contributed by atoms with Crippen LogP contribution in [-0.2, 0) is 27.2 Å². The summed E-state index contributed by atoms with van der Waals surface area (Å²) in [5.74, 6) is -2.68. The highest BCUT2D eigenvalue weighted by molar-refractivity contribution is 5.93. The van der Waals surface area contributed by atoms with Gasteiger partial charge in [0.2, 0.25) is 11.8 Å². The zero-order chi connectivity index (χ0) is 24.9. The molecule has 4 aromatic rings. The lowest BCUT2D eigenvalue weighted by Crippen LogP contribution is -2.56. The van der Waals surface area contributed by atoms with Crippen LogP contribution in [0.15, 0.2) is 60.9 Å². The number of fused-ring (bicyclic) bond motifs is 2. The number of H-pyrrole nitrogens is 2. The number of nitrogens with two attached hydrogens (primary N) is 1. The average Bonchev–Trinajstić information content (AvgIpc) is 3.46. The molecule has 0 spiro atoms. The Morgan fingerprint density at radius 1 is 0.800 bits per heavy atom. The van der Waals surface area contributed by atoms with E-state index in [1.165, 1.54) is 0 Å². The maximum absolute atomic E-state index is 12.7. The van der Waals surface area contributed by atoms with Crippen molar-refractivity contribution < 1.29 is 24.6 Å². The van der Waals surface area contributed by atoms with Gasteiger partial charge in [0.05, 0.1) is 12.6 Å². The van der Waals surface area contributed by atoms with Gasteiger partial charge in [0.25, 0.3) is 0 Å². The molecule has 3 atom stereocenters. The first-order valence-corrected chi connectivity index (χ1v) is 11.2. The van der Waals surface area contributed by atoms with Crippen molar-refractivity contribution in [3.05, 3.63) is 72.1 Å². The zero-order valence-corrected chi connectivity index (χ0v) is 18.8. The van der Waals surface area contributed by atoms with E-state index in [0.29, 0.717) is 0 Å². The molecule has 10 heteroatoms. The standard InChI is InChI=1S/C25H27N5O5/c26-18(9-14-11-27-19-7-3-1-5-16(14)19)23(32)30-22(13-31)24(33)29-21(25(34)35)10-15-12-28-20-8-4-2-6-17(15)20/h1-8,11-12,18,21-22,27-28,31H,9-10,13,26H2,(H,29,33)(H,30,32)(H,34,35)/t18-,21-,22-/m0/s1. The van der Waals surface area contributed by atoms with Crippen molar-refractivity contribution in [3.63, 3.8) is 0 Å². The van der Waals surface area contributed by atoms with E-state index < -0.39 is 42.5 Å². The number of aliphatic hydroxyl groups excluding tert-OH is 1. The summed E-state index contributed by atoms with van der Waals surface area (Å²) in [6.07, 6.45) is 3.71. The number of nitrogens with one attached hydrogen (secondary N) is 4. The molecule has 10 nitrogen and oxygen atoms in total. The number of carboxylic acid groups (broad SMARTS) is 1. The quantitative estimate of drug-likeness (QED) is 0.178. The van der Waals surface area contributed by atoms with E-state index in [4.69, 9.17) is 5.73 Å². The average molecular weight is 478 g/mol. The minimum Gasteiger partial charge on any atom is -0.480 e. The number of aliphatic hydroxyl groups is 1. The fraction of sp³-hybridized carbons (Fsp3) is 0.240. The smallest absolute Gasteiger partial charge is 0.326 e. The number of carboxylic acids is 1. The van der Waals surface area contributed by atoms with Crippen LogP contribution in [0.3, 0.4) is 0 Å². The molecule has 0 fully saturated rings. The van der Waals surface area contributed by atoms with Crippen LogP contribution in [0.5, 0.6) is 0 Å². The van der Waals surface area contributed by atoms with Crippen LogP contribution in [0, 0.1) is 0 Å². The van der Waals surface area contributed by atoms with Gasteiger partial charge < -0.3 is 36.5 Å². The van der Waals surface area contributed by atoms with Crippen molar-refractivity contribution in [2.24, 2.45) is 5.73 Å². The molecule has 8 N–H and O–H groups in total. The predicted octanol–water partition coefficient (Wildman–Crippen LogP) is 0.808. The number of hydrogen-bond donors (Lipinski definition) is 7. The number of aliphatic carboxylic acids is 1. The van der Waals surface area contributed by atoms with Gasteiger partial charge in [-0.1, -0.05) is 36.4 Å². The maximum Gasteiger partial charge on any atom is 0.326 e. The molecule has 0 unspecified atom stereocenters. The Bertz CT molecular complexity index is 1360. The van der Waals surface area contributed by atoms with Crippen LogP contribution >= 0.6 is 0 Å². The van der Waals surface area contributed by atoms with Crippen molar-refractivity contribution in [3.8, 4) is 0 Å². The van der Waals surface area contributed by atoms with Crippen LogP contribution in [-0.4, -0.2) is 62.7 Å². The summed E-state index contributed by atoms with van der Waals surface area (Å²) in [7, 11) is 0. The van der Waals surface area contributed by atoms with Gasteiger partial charge in [-0.05, 0) is 29.7 Å². The lowest BCUT2D eigenvalue weighted by molar-refractivity contribution is -0.142. The fourth-order valence-electron chi connectivity index (χ4n) is 4.10. The molecule has 182 valence electrons. The third kappa shape index (κ3) is 5.34. The molecular weight excluding hydrogens is 450 g/mol. The van der Waals surface area contributed by atoms with Crippen LogP contribution in [0.1, 0.15) is 11.1 Å². The van der Waals surface area contributed by atoms with Crippen LogP contribution in [0.25, 0.3) is 21.8 Å². The highest BCUT2D eigenvalue weighted by atomic mass is 16.4. The number of carbonyl (C=O) groups excluding carboxylic acids is 2. The highest BCUT2D eigenvalue weighted by Crippen LogP contribution is 2.20. The highest BCUT2D eigenvalue weighted by Gasteiger charge is 2.28. The molecule has 0 saturated heterocycles. The topological polar surface area (TPSA) is 173 Å². The van der Waals surface area contributed by atoms with Crippen molar-refractivity contribution in [1.29, 1.82) is 0 Å². The second kappa shape index (κ2) is 10.4. The molecule has 0 aliphatic heterocycles. The molecule has 35 heavy (non-hydrogen) atoms. The van der Waals surface area contributed by atoms with Crippen molar-refractivity contribution >= 4 is 39.6 Å². The SMILES string of the molecule is N[C@@H](Cc1c[nH]c2ccccc12)C(=O)N[C@@H](CO)C(=O)N[C@@H](Cc1c[nH]c2ccccc12)C(=O)O. The summed E-state index contributed by atoms with van der Waals surface area (Å²) in [5, 5.41) is 26.0. The van der Waals surface area contributed by atoms with Crippen molar-refractivity contribution in [1.82, 2.24) is 20.6 Å². The molecule has 2 amide bonds. The number of carbonyl (C=O) groups is 3. The van der Waals surface area contributed by atoms with Gasteiger partial charge in [-0.2, -0.15) is 0 Å². The Morgan fingerprint density at radius 3 is 1.86 bits per heavy atom. The van der Waals surface area contributed by atoms with Gasteiger partial charge in [0, 0.05) is 40.6 Å². The first kappa shape index (κ1) is 24.0. The van der Waals surface area contributed by atoms with Crippen molar-refractivity contribution in [2.75, 3.05) is 6.61 Å². The summed E-state index contributed by atoms with van der Waals surface area (Å²) in [6, 6.07) is 11.4. The van der Waals surface area contributed by atoms with Gasteiger partial charge in [-0.25, -0.2) is 4.79 Å². The number of para-hydroxylation sites is 2. The molecule has 0 aliphatic carbocycles. The number of aromatic nitrogens is 2. The van der Waals surface area contributed by atoms with E-state index >= 15 is 0 Å². The Kier molecular flexibility index (Phi) is 7.14. The number of amides is 2. The van der Waals surface area contributed by atoms with E-state index in [1.807, 2.05) is 48.5 Å². The van der Waals surface area contributed by atoms with E-state index in [0.717, 1.165) is 32.9 Å². The van der Waals surface area contributed by atoms with Gasteiger partial charge in [-0.15, -0.1) is 0 Å². The molecule has 2 aromatic heterocycles. The normalized spacial score (nSPS) is 13.9. The lowest BCUT2D eigenvalue weighted by Gasteiger charge is -2.21. The third-order valence-electron chi connectivity index (χ3n) is 5.98. The summed E-state index contributed by atoms with van der Waals surface area (Å²) < 4.78 is 0. The predicted molar refractivity (Wildman–Crippen MR) is 131 cm³/mol. The largest absolute Gasteiger partial charge is 0.480 e. The van der Waals surface area contributed by atoms with Crippen LogP contribution in [0.4, 0.5) is 0 Å². The number of rotatable bonds is 10. The first-order valence-electron chi connectivity index (χ1n) is 11.2. The Hall–Kier alpha value is -4.15. The van der Waals surface area contributed by atoms with E-state index in [1.54, 1.807) is 12.4 Å². The van der Waals surface area contributed by atoms with Gasteiger partial charge in [0.15, 0.2) is 0 Å². The van der Waals surface area contributed by atoms with E-state index in [9.17, 15) is 24.6 Å². The second-order valence-electron chi connectivity index (χ2n) is 8.38. The molecule has 2 heterocycles. The number of benzene rings is 2. The molecule has 0 radical (unpaired) electrons. The molecule has 2 aromatic carbocycles. The molecule has 0 aliphatic rings. The van der Waals surface area contributed by atoms with Crippen LogP contribution in [0.2, 0.25) is 0 Å². The molecular formula is C25H27N5O5. The Balaban J connectivity index is 1.39. The maximum atomic E-state index is 12.7. The Labute approximate surface area is 200 Å². The third-order valence-corrected chi connectivity index (χ3v) is 5.98. The second-order valence-corrected chi connectivity index (χ2v) is 8.38. The zero-order valence-electron chi connectivity index (χ0n) is 18.8. The molecule has 0 saturated carbocycles.